The standard InChI is InChI=1S/C16H23N3S/c1-3-14(17)16(15-5-4-12-20-15)19(2)11-8-13-6-9-18-10-7-13/h4-7,9-10,12,14,16H,3,8,11,17H2,1-2H3. The Morgan fingerprint density at radius 3 is 2.65 bits per heavy atom. The van der Waals surface area contributed by atoms with Crippen molar-refractivity contribution >= 4 is 11.3 Å². The first-order chi connectivity index (χ1) is 9.72. The molecule has 2 N–H and O–H groups in total. The Kier molecular flexibility index (Phi) is 5.71. The molecule has 0 bridgehead atoms. The van der Waals surface area contributed by atoms with Crippen molar-refractivity contribution < 1.29 is 0 Å². The van der Waals surface area contributed by atoms with Gasteiger partial charge in [0.2, 0.25) is 0 Å². The zero-order chi connectivity index (χ0) is 14.4. The number of rotatable bonds is 7. The Labute approximate surface area is 125 Å². The summed E-state index contributed by atoms with van der Waals surface area (Å²) in [6.07, 6.45) is 5.72. The zero-order valence-electron chi connectivity index (χ0n) is 12.2. The molecule has 2 heterocycles. The van der Waals surface area contributed by atoms with Crippen LogP contribution in [-0.2, 0) is 6.42 Å². The van der Waals surface area contributed by atoms with Crippen LogP contribution in [0.4, 0.5) is 0 Å². The fourth-order valence-electron chi connectivity index (χ4n) is 2.43. The predicted molar refractivity (Wildman–Crippen MR) is 85.9 cm³/mol. The molecule has 2 aromatic heterocycles. The lowest BCUT2D eigenvalue weighted by molar-refractivity contribution is 0.215. The summed E-state index contributed by atoms with van der Waals surface area (Å²) in [5, 5.41) is 2.13. The Morgan fingerprint density at radius 1 is 1.30 bits per heavy atom. The van der Waals surface area contributed by atoms with E-state index in [0.29, 0.717) is 6.04 Å². The van der Waals surface area contributed by atoms with Crippen LogP contribution in [0, 0.1) is 0 Å². The second-order valence-electron chi connectivity index (χ2n) is 5.12. The van der Waals surface area contributed by atoms with Crippen molar-refractivity contribution in [1.29, 1.82) is 0 Å². The lowest BCUT2D eigenvalue weighted by atomic mass is 10.0. The summed E-state index contributed by atoms with van der Waals surface area (Å²) >= 11 is 1.79. The van der Waals surface area contributed by atoms with Crippen LogP contribution in [0.1, 0.15) is 29.8 Å². The van der Waals surface area contributed by atoms with Crippen molar-refractivity contribution in [3.8, 4) is 0 Å². The van der Waals surface area contributed by atoms with Gasteiger partial charge in [-0.1, -0.05) is 13.0 Å². The van der Waals surface area contributed by atoms with Gasteiger partial charge in [0.15, 0.2) is 0 Å². The summed E-state index contributed by atoms with van der Waals surface area (Å²) in [6.45, 7) is 3.16. The molecule has 0 aliphatic carbocycles. The molecule has 2 atom stereocenters. The van der Waals surface area contributed by atoms with Gasteiger partial charge in [0, 0.05) is 29.9 Å². The summed E-state index contributed by atoms with van der Waals surface area (Å²) < 4.78 is 0. The molecule has 2 rings (SSSR count). The first-order valence-corrected chi connectivity index (χ1v) is 7.98. The van der Waals surface area contributed by atoms with Gasteiger partial charge in [-0.05, 0) is 49.0 Å². The van der Waals surface area contributed by atoms with Gasteiger partial charge >= 0.3 is 0 Å². The molecule has 0 saturated heterocycles. The molecule has 0 radical (unpaired) electrons. The van der Waals surface area contributed by atoms with Gasteiger partial charge < -0.3 is 5.73 Å². The molecule has 20 heavy (non-hydrogen) atoms. The van der Waals surface area contributed by atoms with Crippen LogP contribution >= 0.6 is 11.3 Å². The number of thiophene rings is 1. The third-order valence-corrected chi connectivity index (χ3v) is 4.63. The molecule has 2 unspecified atom stereocenters. The number of hydrogen-bond donors (Lipinski definition) is 1. The molecule has 0 amide bonds. The lowest BCUT2D eigenvalue weighted by Gasteiger charge is -2.31. The highest BCUT2D eigenvalue weighted by Gasteiger charge is 2.23. The van der Waals surface area contributed by atoms with E-state index in [1.54, 1.807) is 11.3 Å². The second kappa shape index (κ2) is 7.53. The Morgan fingerprint density at radius 2 is 2.05 bits per heavy atom. The topological polar surface area (TPSA) is 42.1 Å². The lowest BCUT2D eigenvalue weighted by Crippen LogP contribution is -2.39. The Hall–Kier alpha value is -1.23. The van der Waals surface area contributed by atoms with Gasteiger partial charge in [-0.2, -0.15) is 0 Å². The molecule has 0 aliphatic heterocycles. The fraction of sp³-hybridized carbons (Fsp3) is 0.438. The molecule has 4 heteroatoms. The number of nitrogens with zero attached hydrogens (tertiary/aromatic N) is 2. The monoisotopic (exact) mass is 289 g/mol. The highest BCUT2D eigenvalue weighted by Crippen LogP contribution is 2.27. The quantitative estimate of drug-likeness (QED) is 0.851. The van der Waals surface area contributed by atoms with Gasteiger partial charge in [0.25, 0.3) is 0 Å². The van der Waals surface area contributed by atoms with Crippen LogP contribution in [0.3, 0.4) is 0 Å². The SMILES string of the molecule is CCC(N)C(c1cccs1)N(C)CCc1ccncc1. The highest BCUT2D eigenvalue weighted by molar-refractivity contribution is 7.10. The minimum absolute atomic E-state index is 0.177. The average molecular weight is 289 g/mol. The van der Waals surface area contributed by atoms with E-state index in [1.165, 1.54) is 10.4 Å². The summed E-state index contributed by atoms with van der Waals surface area (Å²) in [4.78, 5) is 7.79. The van der Waals surface area contributed by atoms with Crippen LogP contribution in [0.5, 0.6) is 0 Å². The fourth-order valence-corrected chi connectivity index (χ4v) is 3.40. The maximum atomic E-state index is 6.33. The average Bonchev–Trinajstić information content (AvgIpc) is 3.00. The van der Waals surface area contributed by atoms with Crippen LogP contribution in [0.2, 0.25) is 0 Å². The van der Waals surface area contributed by atoms with Crippen molar-refractivity contribution in [3.05, 3.63) is 52.5 Å². The second-order valence-corrected chi connectivity index (χ2v) is 6.10. The Balaban J connectivity index is 2.02. The summed E-state index contributed by atoms with van der Waals surface area (Å²) in [6, 6.07) is 8.93. The van der Waals surface area contributed by atoms with Gasteiger partial charge in [-0.25, -0.2) is 0 Å². The first kappa shape index (κ1) is 15.2. The summed E-state index contributed by atoms with van der Waals surface area (Å²) in [7, 11) is 2.17. The number of likely N-dealkylation sites (N-methyl/N-ethyl adjacent to an activating group) is 1. The zero-order valence-corrected chi connectivity index (χ0v) is 13.0. The van der Waals surface area contributed by atoms with Crippen molar-refractivity contribution in [2.45, 2.75) is 31.8 Å². The van der Waals surface area contributed by atoms with Crippen molar-refractivity contribution in [2.75, 3.05) is 13.6 Å². The van der Waals surface area contributed by atoms with Crippen molar-refractivity contribution in [1.82, 2.24) is 9.88 Å². The molecule has 108 valence electrons. The summed E-state index contributed by atoms with van der Waals surface area (Å²) in [5.74, 6) is 0. The highest BCUT2D eigenvalue weighted by atomic mass is 32.1. The van der Waals surface area contributed by atoms with E-state index in [-0.39, 0.29) is 6.04 Å². The van der Waals surface area contributed by atoms with Crippen molar-refractivity contribution in [2.24, 2.45) is 5.73 Å². The third-order valence-electron chi connectivity index (χ3n) is 3.69. The molecule has 3 nitrogen and oxygen atoms in total. The molecule has 0 spiro atoms. The molecule has 0 fully saturated rings. The van der Waals surface area contributed by atoms with E-state index in [1.807, 2.05) is 12.4 Å². The number of pyridine rings is 1. The van der Waals surface area contributed by atoms with Crippen molar-refractivity contribution in [3.63, 3.8) is 0 Å². The maximum absolute atomic E-state index is 6.33. The van der Waals surface area contributed by atoms with Gasteiger partial charge in [-0.3, -0.25) is 9.88 Å². The van der Waals surface area contributed by atoms with Crippen LogP contribution in [0.15, 0.2) is 42.0 Å². The van der Waals surface area contributed by atoms with E-state index in [2.05, 4.69) is 53.5 Å². The van der Waals surface area contributed by atoms with E-state index in [0.717, 1.165) is 19.4 Å². The number of nitrogens with two attached hydrogens (primary N) is 1. The van der Waals surface area contributed by atoms with Crippen LogP contribution in [-0.4, -0.2) is 29.5 Å². The summed E-state index contributed by atoms with van der Waals surface area (Å²) in [5.41, 5.74) is 7.65. The molecular weight excluding hydrogens is 266 g/mol. The normalized spacial score (nSPS) is 14.4. The molecule has 0 aliphatic rings. The van der Waals surface area contributed by atoms with E-state index >= 15 is 0 Å². The van der Waals surface area contributed by atoms with Gasteiger partial charge in [0.1, 0.15) is 0 Å². The molecule has 2 aromatic rings. The Bertz CT molecular complexity index is 484. The third kappa shape index (κ3) is 3.88. The number of aromatic nitrogens is 1. The first-order valence-electron chi connectivity index (χ1n) is 7.10. The van der Waals surface area contributed by atoms with Gasteiger partial charge in [0.05, 0.1) is 6.04 Å². The minimum Gasteiger partial charge on any atom is -0.326 e. The molecule has 0 saturated carbocycles. The molecular formula is C16H23N3S. The largest absolute Gasteiger partial charge is 0.326 e. The molecule has 0 aromatic carbocycles. The predicted octanol–water partition coefficient (Wildman–Crippen LogP) is 3.10. The number of hydrogen-bond acceptors (Lipinski definition) is 4. The van der Waals surface area contributed by atoms with E-state index in [9.17, 15) is 0 Å². The van der Waals surface area contributed by atoms with Crippen LogP contribution < -0.4 is 5.73 Å². The van der Waals surface area contributed by atoms with E-state index in [4.69, 9.17) is 5.73 Å². The van der Waals surface area contributed by atoms with Gasteiger partial charge in [-0.15, -0.1) is 11.3 Å². The smallest absolute Gasteiger partial charge is 0.0590 e. The van der Waals surface area contributed by atoms with Crippen LogP contribution in [0.25, 0.3) is 0 Å². The minimum atomic E-state index is 0.177. The van der Waals surface area contributed by atoms with E-state index < -0.39 is 0 Å². The maximum Gasteiger partial charge on any atom is 0.0590 e.